The second-order valence-corrected chi connectivity index (χ2v) is 5.73. The highest BCUT2D eigenvalue weighted by Crippen LogP contribution is 2.13. The molecule has 132 valence electrons. The smallest absolute Gasteiger partial charge is 0.335 e. The number of hydrogen-bond donors (Lipinski definition) is 2. The Kier molecular flexibility index (Phi) is 7.50. The number of ether oxygens (including phenoxy) is 1. The molecule has 2 aromatic rings. The third-order valence-corrected chi connectivity index (χ3v) is 3.69. The summed E-state index contributed by atoms with van der Waals surface area (Å²) in [6.07, 6.45) is 6.48. The van der Waals surface area contributed by atoms with Crippen LogP contribution in [0.5, 0.6) is 5.75 Å². The quantitative estimate of drug-likeness (QED) is 0.370. The minimum atomic E-state index is -0.942. The number of anilines is 1. The Morgan fingerprint density at radius 3 is 2.44 bits per heavy atom. The minimum Gasteiger partial charge on any atom is -0.494 e. The number of hydrazone groups is 1. The predicted molar refractivity (Wildman–Crippen MR) is 101 cm³/mol. The van der Waals surface area contributed by atoms with Gasteiger partial charge in [0, 0.05) is 0 Å². The number of carboxylic acid groups (broad SMARTS) is 1. The molecule has 2 rings (SSSR count). The Morgan fingerprint density at radius 2 is 1.80 bits per heavy atom. The first-order chi connectivity index (χ1) is 12.2. The molecule has 5 heteroatoms. The Hall–Kier alpha value is -2.82. The fraction of sp³-hybridized carbons (Fsp3) is 0.300. The molecule has 0 saturated heterocycles. The first-order valence-electron chi connectivity index (χ1n) is 8.54. The van der Waals surface area contributed by atoms with Crippen molar-refractivity contribution in [2.45, 2.75) is 32.6 Å². The first kappa shape index (κ1) is 18.5. The summed E-state index contributed by atoms with van der Waals surface area (Å²) in [4.78, 5) is 10.8. The van der Waals surface area contributed by atoms with Gasteiger partial charge < -0.3 is 9.84 Å². The molecular weight excluding hydrogens is 316 g/mol. The molecule has 2 N–H and O–H groups in total. The third-order valence-electron chi connectivity index (χ3n) is 3.69. The normalized spacial score (nSPS) is 10.8. The van der Waals surface area contributed by atoms with Crippen molar-refractivity contribution in [2.24, 2.45) is 5.10 Å². The SMILES string of the molecule is CCCCCCOc1ccc(/C=N\Nc2ccc(C(=O)O)cc2)cc1. The zero-order valence-electron chi connectivity index (χ0n) is 14.4. The van der Waals surface area contributed by atoms with Crippen molar-refractivity contribution in [1.82, 2.24) is 0 Å². The summed E-state index contributed by atoms with van der Waals surface area (Å²) < 4.78 is 5.70. The maximum absolute atomic E-state index is 10.8. The molecule has 0 aromatic heterocycles. The number of nitrogens with zero attached hydrogens (tertiary/aromatic N) is 1. The van der Waals surface area contributed by atoms with E-state index in [1.165, 1.54) is 31.4 Å². The summed E-state index contributed by atoms with van der Waals surface area (Å²) >= 11 is 0. The number of carboxylic acids is 1. The van der Waals surface area contributed by atoms with Crippen molar-refractivity contribution in [3.8, 4) is 5.75 Å². The fourth-order valence-electron chi connectivity index (χ4n) is 2.24. The molecule has 0 atom stereocenters. The van der Waals surface area contributed by atoms with E-state index < -0.39 is 5.97 Å². The van der Waals surface area contributed by atoms with E-state index in [4.69, 9.17) is 9.84 Å². The van der Waals surface area contributed by atoms with E-state index in [2.05, 4.69) is 17.5 Å². The standard InChI is InChI=1S/C20H24N2O3/c1-2-3-4-5-14-25-19-12-6-16(7-13-19)15-21-22-18-10-8-17(9-11-18)20(23)24/h6-13,15,22H,2-5,14H2,1H3,(H,23,24)/b21-15-. The monoisotopic (exact) mass is 340 g/mol. The zero-order chi connectivity index (χ0) is 17.9. The second kappa shape index (κ2) is 10.1. The highest BCUT2D eigenvalue weighted by atomic mass is 16.5. The lowest BCUT2D eigenvalue weighted by atomic mass is 10.2. The van der Waals surface area contributed by atoms with Crippen LogP contribution >= 0.6 is 0 Å². The Balaban J connectivity index is 1.78. The van der Waals surface area contributed by atoms with Gasteiger partial charge in [0.25, 0.3) is 0 Å². The first-order valence-corrected chi connectivity index (χ1v) is 8.54. The van der Waals surface area contributed by atoms with Crippen molar-refractivity contribution < 1.29 is 14.6 Å². The van der Waals surface area contributed by atoms with Crippen LogP contribution in [0.1, 0.15) is 48.5 Å². The van der Waals surface area contributed by atoms with E-state index in [9.17, 15) is 4.79 Å². The number of rotatable bonds is 10. The van der Waals surface area contributed by atoms with Gasteiger partial charge in [0.2, 0.25) is 0 Å². The lowest BCUT2D eigenvalue weighted by molar-refractivity contribution is 0.0697. The van der Waals surface area contributed by atoms with Crippen LogP contribution in [0.3, 0.4) is 0 Å². The van der Waals surface area contributed by atoms with Gasteiger partial charge in [-0.15, -0.1) is 0 Å². The Bertz CT molecular complexity index is 679. The number of carbonyl (C=O) groups is 1. The van der Waals surface area contributed by atoms with Gasteiger partial charge in [0.15, 0.2) is 0 Å². The highest BCUT2D eigenvalue weighted by molar-refractivity contribution is 5.88. The van der Waals surface area contributed by atoms with Crippen molar-refractivity contribution in [1.29, 1.82) is 0 Å². The van der Waals surface area contributed by atoms with E-state index in [0.29, 0.717) is 0 Å². The molecule has 0 unspecified atom stereocenters. The van der Waals surface area contributed by atoms with Gasteiger partial charge in [-0.3, -0.25) is 5.43 Å². The van der Waals surface area contributed by atoms with Crippen molar-refractivity contribution in [2.75, 3.05) is 12.0 Å². The topological polar surface area (TPSA) is 70.9 Å². The molecule has 0 saturated carbocycles. The van der Waals surface area contributed by atoms with Crippen LogP contribution in [-0.2, 0) is 0 Å². The largest absolute Gasteiger partial charge is 0.494 e. The summed E-state index contributed by atoms with van der Waals surface area (Å²) in [5.74, 6) is -0.0754. The summed E-state index contributed by atoms with van der Waals surface area (Å²) in [6.45, 7) is 2.95. The number of unbranched alkanes of at least 4 members (excludes halogenated alkanes) is 3. The third kappa shape index (κ3) is 6.67. The minimum absolute atomic E-state index is 0.250. The van der Waals surface area contributed by atoms with E-state index >= 15 is 0 Å². The van der Waals surface area contributed by atoms with Gasteiger partial charge in [0.1, 0.15) is 5.75 Å². The van der Waals surface area contributed by atoms with Crippen LogP contribution in [0.15, 0.2) is 53.6 Å². The highest BCUT2D eigenvalue weighted by Gasteiger charge is 2.00. The summed E-state index contributed by atoms with van der Waals surface area (Å²) in [6, 6.07) is 14.2. The van der Waals surface area contributed by atoms with Crippen LogP contribution in [0.2, 0.25) is 0 Å². The van der Waals surface area contributed by atoms with E-state index in [1.807, 2.05) is 24.3 Å². The second-order valence-electron chi connectivity index (χ2n) is 5.73. The maximum atomic E-state index is 10.8. The molecule has 0 aliphatic carbocycles. The average molecular weight is 340 g/mol. The molecule has 0 bridgehead atoms. The van der Waals surface area contributed by atoms with Gasteiger partial charge in [-0.1, -0.05) is 26.2 Å². The van der Waals surface area contributed by atoms with Crippen LogP contribution in [0.4, 0.5) is 5.69 Å². The van der Waals surface area contributed by atoms with Gasteiger partial charge in [-0.05, 0) is 60.5 Å². The van der Waals surface area contributed by atoms with Crippen molar-refractivity contribution in [3.05, 3.63) is 59.7 Å². The molecule has 0 fully saturated rings. The molecular formula is C20H24N2O3. The van der Waals surface area contributed by atoms with E-state index in [-0.39, 0.29) is 5.56 Å². The number of hydrogen-bond acceptors (Lipinski definition) is 4. The molecule has 0 heterocycles. The van der Waals surface area contributed by atoms with Crippen LogP contribution < -0.4 is 10.2 Å². The van der Waals surface area contributed by atoms with Crippen molar-refractivity contribution in [3.63, 3.8) is 0 Å². The number of aromatic carboxylic acids is 1. The lowest BCUT2D eigenvalue weighted by Gasteiger charge is -2.06. The Morgan fingerprint density at radius 1 is 1.08 bits per heavy atom. The fourth-order valence-corrected chi connectivity index (χ4v) is 2.24. The van der Waals surface area contributed by atoms with Gasteiger partial charge in [-0.25, -0.2) is 4.79 Å². The van der Waals surface area contributed by atoms with E-state index in [0.717, 1.165) is 30.0 Å². The summed E-state index contributed by atoms with van der Waals surface area (Å²) in [5, 5.41) is 13.0. The molecule has 0 amide bonds. The van der Waals surface area contributed by atoms with Crippen LogP contribution in [0.25, 0.3) is 0 Å². The molecule has 0 spiro atoms. The molecule has 0 aliphatic heterocycles. The van der Waals surface area contributed by atoms with Crippen LogP contribution in [0, 0.1) is 0 Å². The summed E-state index contributed by atoms with van der Waals surface area (Å²) in [5.41, 5.74) is 4.80. The van der Waals surface area contributed by atoms with Gasteiger partial charge in [0.05, 0.1) is 24.1 Å². The zero-order valence-corrected chi connectivity index (χ0v) is 14.4. The molecule has 25 heavy (non-hydrogen) atoms. The van der Waals surface area contributed by atoms with Crippen molar-refractivity contribution >= 4 is 17.9 Å². The molecule has 0 radical (unpaired) electrons. The van der Waals surface area contributed by atoms with Gasteiger partial charge in [-0.2, -0.15) is 5.10 Å². The Labute approximate surface area is 148 Å². The number of nitrogens with one attached hydrogen (secondary N) is 1. The maximum Gasteiger partial charge on any atom is 0.335 e. The molecule has 2 aromatic carbocycles. The predicted octanol–water partition coefficient (Wildman–Crippen LogP) is 4.79. The molecule has 5 nitrogen and oxygen atoms in total. The number of benzene rings is 2. The van der Waals surface area contributed by atoms with Gasteiger partial charge >= 0.3 is 5.97 Å². The van der Waals surface area contributed by atoms with E-state index in [1.54, 1.807) is 18.3 Å². The molecule has 0 aliphatic rings. The lowest BCUT2D eigenvalue weighted by Crippen LogP contribution is -1.97. The average Bonchev–Trinajstić information content (AvgIpc) is 2.63. The summed E-state index contributed by atoms with van der Waals surface area (Å²) in [7, 11) is 0. The van der Waals surface area contributed by atoms with Crippen LogP contribution in [-0.4, -0.2) is 23.9 Å².